The zero-order chi connectivity index (χ0) is 15.0. The Morgan fingerprint density at radius 3 is 2.40 bits per heavy atom. The van der Waals surface area contributed by atoms with Crippen molar-refractivity contribution < 1.29 is 0 Å². The maximum absolute atomic E-state index is 4.59. The van der Waals surface area contributed by atoms with Crippen LogP contribution in [0, 0.1) is 16.7 Å². The fourth-order valence-electron chi connectivity index (χ4n) is 3.99. The Balaban J connectivity index is 2.13. The predicted molar refractivity (Wildman–Crippen MR) is 84.7 cm³/mol. The van der Waals surface area contributed by atoms with Crippen LogP contribution in [0.15, 0.2) is 12.4 Å². The molecular weight excluding hydrogens is 246 g/mol. The molecule has 1 N–H and O–H groups in total. The SMILES string of the molecule is CCCn1ccnc1CC(NCC)C1C(C)(C)C1(C)C. The van der Waals surface area contributed by atoms with Gasteiger partial charge in [0.1, 0.15) is 5.82 Å². The van der Waals surface area contributed by atoms with E-state index in [-0.39, 0.29) is 0 Å². The van der Waals surface area contributed by atoms with Gasteiger partial charge in [0.15, 0.2) is 0 Å². The fourth-order valence-corrected chi connectivity index (χ4v) is 3.99. The molecule has 0 radical (unpaired) electrons. The third kappa shape index (κ3) is 2.52. The molecule has 1 saturated carbocycles. The molecule has 1 aromatic heterocycles. The van der Waals surface area contributed by atoms with Gasteiger partial charge in [0.05, 0.1) is 0 Å². The minimum absolute atomic E-state index is 0.419. The molecule has 3 heteroatoms. The molecule has 0 spiro atoms. The second kappa shape index (κ2) is 5.51. The predicted octanol–water partition coefficient (Wildman–Crippen LogP) is 3.50. The molecule has 1 aliphatic rings. The Hall–Kier alpha value is -0.830. The number of imidazole rings is 1. The summed E-state index contributed by atoms with van der Waals surface area (Å²) < 4.78 is 2.31. The maximum atomic E-state index is 4.59. The van der Waals surface area contributed by atoms with Crippen molar-refractivity contribution >= 4 is 0 Å². The van der Waals surface area contributed by atoms with E-state index in [4.69, 9.17) is 0 Å². The highest BCUT2D eigenvalue weighted by Crippen LogP contribution is 2.69. The number of hydrogen-bond donors (Lipinski definition) is 1. The van der Waals surface area contributed by atoms with Crippen LogP contribution in [-0.2, 0) is 13.0 Å². The first-order valence-electron chi connectivity index (χ1n) is 8.09. The van der Waals surface area contributed by atoms with Gasteiger partial charge >= 0.3 is 0 Å². The number of hydrogen-bond acceptors (Lipinski definition) is 2. The van der Waals surface area contributed by atoms with Gasteiger partial charge in [-0.1, -0.05) is 41.5 Å². The van der Waals surface area contributed by atoms with Crippen LogP contribution in [-0.4, -0.2) is 22.1 Å². The molecule has 0 bridgehead atoms. The zero-order valence-electron chi connectivity index (χ0n) is 14.0. The summed E-state index contributed by atoms with van der Waals surface area (Å²) in [5.74, 6) is 1.96. The lowest BCUT2D eigenvalue weighted by atomic mass is 10.0. The van der Waals surface area contributed by atoms with Gasteiger partial charge in [0.2, 0.25) is 0 Å². The minimum Gasteiger partial charge on any atom is -0.335 e. The van der Waals surface area contributed by atoms with Gasteiger partial charge in [0.25, 0.3) is 0 Å². The third-order valence-corrected chi connectivity index (χ3v) is 5.67. The van der Waals surface area contributed by atoms with Crippen LogP contribution in [0.3, 0.4) is 0 Å². The summed E-state index contributed by atoms with van der Waals surface area (Å²) >= 11 is 0. The van der Waals surface area contributed by atoms with Gasteiger partial charge in [-0.2, -0.15) is 0 Å². The van der Waals surface area contributed by atoms with Gasteiger partial charge in [-0.25, -0.2) is 4.98 Å². The summed E-state index contributed by atoms with van der Waals surface area (Å²) in [5.41, 5.74) is 0.837. The smallest absolute Gasteiger partial charge is 0.110 e. The Labute approximate surface area is 124 Å². The average molecular weight is 277 g/mol. The van der Waals surface area contributed by atoms with Crippen molar-refractivity contribution in [2.24, 2.45) is 16.7 Å². The number of rotatable bonds is 7. The molecule has 1 aromatic rings. The van der Waals surface area contributed by atoms with Crippen LogP contribution in [0.4, 0.5) is 0 Å². The van der Waals surface area contributed by atoms with Gasteiger partial charge in [0, 0.05) is 31.4 Å². The molecule has 0 aromatic carbocycles. The van der Waals surface area contributed by atoms with E-state index in [9.17, 15) is 0 Å². The van der Waals surface area contributed by atoms with Crippen molar-refractivity contribution in [2.75, 3.05) is 6.54 Å². The van der Waals surface area contributed by atoms with Gasteiger partial charge in [-0.15, -0.1) is 0 Å². The van der Waals surface area contributed by atoms with E-state index in [1.54, 1.807) is 0 Å². The van der Waals surface area contributed by atoms with E-state index in [2.05, 4.69) is 62.6 Å². The first-order chi connectivity index (χ1) is 9.36. The first-order valence-corrected chi connectivity index (χ1v) is 8.09. The molecule has 0 aliphatic heterocycles. The lowest BCUT2D eigenvalue weighted by Gasteiger charge is -2.20. The number of aryl methyl sites for hydroxylation is 1. The minimum atomic E-state index is 0.419. The normalized spacial score (nSPS) is 21.9. The fraction of sp³-hybridized carbons (Fsp3) is 0.824. The molecule has 0 amide bonds. The Morgan fingerprint density at radius 1 is 1.25 bits per heavy atom. The molecule has 1 atom stereocenters. The average Bonchev–Trinajstić information content (AvgIpc) is 2.66. The summed E-state index contributed by atoms with van der Waals surface area (Å²) in [6.07, 6.45) is 6.26. The van der Waals surface area contributed by atoms with Crippen LogP contribution in [0.25, 0.3) is 0 Å². The van der Waals surface area contributed by atoms with Gasteiger partial charge < -0.3 is 9.88 Å². The van der Waals surface area contributed by atoms with E-state index >= 15 is 0 Å². The van der Waals surface area contributed by atoms with Gasteiger partial charge in [-0.3, -0.25) is 0 Å². The molecular formula is C17H31N3. The van der Waals surface area contributed by atoms with E-state index < -0.39 is 0 Å². The highest BCUT2D eigenvalue weighted by Gasteiger charge is 2.66. The lowest BCUT2D eigenvalue weighted by Crippen LogP contribution is -2.36. The van der Waals surface area contributed by atoms with Gasteiger partial charge in [-0.05, 0) is 29.7 Å². The number of likely N-dealkylation sites (N-methyl/N-ethyl adjacent to an activating group) is 1. The second-order valence-corrected chi connectivity index (χ2v) is 7.33. The second-order valence-electron chi connectivity index (χ2n) is 7.33. The van der Waals surface area contributed by atoms with Crippen LogP contribution < -0.4 is 5.32 Å². The van der Waals surface area contributed by atoms with Crippen molar-refractivity contribution in [1.82, 2.24) is 14.9 Å². The first kappa shape index (κ1) is 15.6. The van der Waals surface area contributed by atoms with Crippen LogP contribution in [0.2, 0.25) is 0 Å². The van der Waals surface area contributed by atoms with E-state index in [0.29, 0.717) is 16.9 Å². The van der Waals surface area contributed by atoms with Crippen LogP contribution in [0.5, 0.6) is 0 Å². The number of nitrogens with zero attached hydrogens (tertiary/aromatic N) is 2. The maximum Gasteiger partial charge on any atom is 0.110 e. The van der Waals surface area contributed by atoms with Crippen molar-refractivity contribution in [3.05, 3.63) is 18.2 Å². The molecule has 0 saturated heterocycles. The topological polar surface area (TPSA) is 29.9 Å². The molecule has 3 nitrogen and oxygen atoms in total. The molecule has 1 fully saturated rings. The summed E-state index contributed by atoms with van der Waals surface area (Å²) in [5, 5.41) is 3.71. The monoisotopic (exact) mass is 277 g/mol. The van der Waals surface area contributed by atoms with Crippen molar-refractivity contribution in [3.63, 3.8) is 0 Å². The summed E-state index contributed by atoms with van der Waals surface area (Å²) in [4.78, 5) is 4.59. The Morgan fingerprint density at radius 2 is 1.90 bits per heavy atom. The molecule has 1 unspecified atom stereocenters. The zero-order valence-corrected chi connectivity index (χ0v) is 14.0. The quantitative estimate of drug-likeness (QED) is 0.826. The van der Waals surface area contributed by atoms with Crippen LogP contribution >= 0.6 is 0 Å². The molecule has 1 heterocycles. The van der Waals surface area contributed by atoms with E-state index in [1.165, 1.54) is 5.82 Å². The largest absolute Gasteiger partial charge is 0.335 e. The number of aromatic nitrogens is 2. The molecule has 2 rings (SSSR count). The summed E-state index contributed by atoms with van der Waals surface area (Å²) in [6, 6.07) is 0.531. The highest BCUT2D eigenvalue weighted by molar-refractivity contribution is 5.17. The summed E-state index contributed by atoms with van der Waals surface area (Å²) in [6.45, 7) is 16.1. The third-order valence-electron chi connectivity index (χ3n) is 5.67. The van der Waals surface area contributed by atoms with E-state index in [0.717, 1.165) is 31.8 Å². The molecule has 114 valence electrons. The summed E-state index contributed by atoms with van der Waals surface area (Å²) in [7, 11) is 0. The molecule has 20 heavy (non-hydrogen) atoms. The Bertz CT molecular complexity index is 431. The van der Waals surface area contributed by atoms with E-state index in [1.807, 2.05) is 6.20 Å². The Kier molecular flexibility index (Phi) is 4.29. The van der Waals surface area contributed by atoms with Crippen molar-refractivity contribution in [3.8, 4) is 0 Å². The van der Waals surface area contributed by atoms with Crippen molar-refractivity contribution in [2.45, 2.75) is 67.0 Å². The lowest BCUT2D eigenvalue weighted by molar-refractivity contribution is 0.391. The standard InChI is InChI=1S/C17H31N3/c1-7-10-20-11-9-19-14(20)12-13(18-8-2)15-16(3,4)17(15,5)6/h9,11,13,15,18H,7-8,10,12H2,1-6H3. The van der Waals surface area contributed by atoms with Crippen molar-refractivity contribution in [1.29, 1.82) is 0 Å². The number of nitrogens with one attached hydrogen (secondary N) is 1. The highest BCUT2D eigenvalue weighted by atomic mass is 15.1. The van der Waals surface area contributed by atoms with Crippen LogP contribution in [0.1, 0.15) is 53.8 Å². The molecule has 1 aliphatic carbocycles.